The van der Waals surface area contributed by atoms with Gasteiger partial charge in [0.15, 0.2) is 12.3 Å². The zero-order valence-electron chi connectivity index (χ0n) is 14.1. The van der Waals surface area contributed by atoms with Gasteiger partial charge in [-0.25, -0.2) is 4.98 Å². The van der Waals surface area contributed by atoms with Crippen LogP contribution in [0.1, 0.15) is 28.9 Å². The lowest BCUT2D eigenvalue weighted by molar-refractivity contribution is 0.0746. The van der Waals surface area contributed by atoms with E-state index in [1.54, 1.807) is 4.90 Å². The Labute approximate surface area is 146 Å². The highest BCUT2D eigenvalue weighted by atomic mass is 16.5. The maximum Gasteiger partial charge on any atom is 0.276 e. The first-order chi connectivity index (χ1) is 12.3. The Morgan fingerprint density at radius 3 is 2.44 bits per heavy atom. The van der Waals surface area contributed by atoms with Gasteiger partial charge in [0.1, 0.15) is 12.0 Å². The maximum absolute atomic E-state index is 12.6. The maximum atomic E-state index is 12.6. The van der Waals surface area contributed by atoms with Gasteiger partial charge in [0.2, 0.25) is 5.89 Å². The minimum atomic E-state index is -0.152. The van der Waals surface area contributed by atoms with Crippen LogP contribution in [0, 0.1) is 0 Å². The van der Waals surface area contributed by atoms with Crippen molar-refractivity contribution in [2.75, 3.05) is 6.54 Å². The van der Waals surface area contributed by atoms with E-state index in [-0.39, 0.29) is 12.5 Å². The molecule has 3 aromatic rings. The molecule has 1 heterocycles. The molecular weight excluding hydrogens is 316 g/mol. The van der Waals surface area contributed by atoms with E-state index >= 15 is 0 Å². The third-order valence-corrected chi connectivity index (χ3v) is 3.76. The summed E-state index contributed by atoms with van der Waals surface area (Å²) in [6, 6.07) is 19.3. The first kappa shape index (κ1) is 16.8. The Hall–Kier alpha value is -3.08. The molecule has 5 nitrogen and oxygen atoms in total. The number of amides is 1. The number of carbonyl (C=O) groups is 1. The van der Waals surface area contributed by atoms with Crippen LogP contribution in [0.15, 0.2) is 71.3 Å². The van der Waals surface area contributed by atoms with E-state index in [2.05, 4.69) is 4.98 Å². The van der Waals surface area contributed by atoms with Crippen LogP contribution >= 0.6 is 0 Å². The van der Waals surface area contributed by atoms with Crippen LogP contribution in [0.3, 0.4) is 0 Å². The molecule has 0 radical (unpaired) electrons. The zero-order chi connectivity index (χ0) is 17.5. The van der Waals surface area contributed by atoms with Crippen LogP contribution < -0.4 is 4.74 Å². The highest BCUT2D eigenvalue weighted by Crippen LogP contribution is 2.13. The Balaban J connectivity index is 1.62. The molecule has 2 aromatic carbocycles. The average Bonchev–Trinajstić information content (AvgIpc) is 3.14. The van der Waals surface area contributed by atoms with Gasteiger partial charge < -0.3 is 14.1 Å². The van der Waals surface area contributed by atoms with E-state index in [9.17, 15) is 4.79 Å². The van der Waals surface area contributed by atoms with Crippen molar-refractivity contribution < 1.29 is 13.9 Å². The summed E-state index contributed by atoms with van der Waals surface area (Å²) in [5.74, 6) is 0.955. The predicted octanol–water partition coefficient (Wildman–Crippen LogP) is 3.92. The number of para-hydroxylation sites is 1. The summed E-state index contributed by atoms with van der Waals surface area (Å²) >= 11 is 0. The average molecular weight is 336 g/mol. The Bertz CT molecular complexity index is 800. The fraction of sp³-hybridized carbons (Fsp3) is 0.200. The first-order valence-electron chi connectivity index (χ1n) is 8.21. The van der Waals surface area contributed by atoms with Crippen LogP contribution in [0.2, 0.25) is 0 Å². The monoisotopic (exact) mass is 336 g/mol. The van der Waals surface area contributed by atoms with E-state index in [1.807, 2.05) is 67.6 Å². The van der Waals surface area contributed by atoms with Gasteiger partial charge in [0.05, 0.1) is 0 Å². The molecule has 128 valence electrons. The molecule has 0 aliphatic heterocycles. The number of ether oxygens (including phenoxy) is 1. The van der Waals surface area contributed by atoms with Gasteiger partial charge in [0, 0.05) is 13.1 Å². The van der Waals surface area contributed by atoms with Gasteiger partial charge >= 0.3 is 0 Å². The van der Waals surface area contributed by atoms with E-state index in [0.29, 0.717) is 24.7 Å². The minimum Gasteiger partial charge on any atom is -0.484 e. The fourth-order valence-corrected chi connectivity index (χ4v) is 2.43. The van der Waals surface area contributed by atoms with Gasteiger partial charge in [-0.3, -0.25) is 4.79 Å². The van der Waals surface area contributed by atoms with Gasteiger partial charge in [0.25, 0.3) is 5.91 Å². The summed E-state index contributed by atoms with van der Waals surface area (Å²) in [6.45, 7) is 3.26. The standard InChI is InChI=1S/C20H20N2O3/c1-2-22(13-16-9-5-3-6-10-16)20(23)18-14-25-19(21-18)15-24-17-11-7-4-8-12-17/h3-12,14H,2,13,15H2,1H3. The summed E-state index contributed by atoms with van der Waals surface area (Å²) in [7, 11) is 0. The molecule has 0 bridgehead atoms. The molecule has 0 unspecified atom stereocenters. The number of benzene rings is 2. The lowest BCUT2D eigenvalue weighted by atomic mass is 10.2. The molecule has 1 amide bonds. The number of hydrogen-bond acceptors (Lipinski definition) is 4. The molecule has 0 N–H and O–H groups in total. The second-order valence-corrected chi connectivity index (χ2v) is 5.53. The first-order valence-corrected chi connectivity index (χ1v) is 8.21. The summed E-state index contributed by atoms with van der Waals surface area (Å²) in [4.78, 5) is 18.6. The zero-order valence-corrected chi connectivity index (χ0v) is 14.1. The molecule has 1 aromatic heterocycles. The smallest absolute Gasteiger partial charge is 0.276 e. The second-order valence-electron chi connectivity index (χ2n) is 5.53. The predicted molar refractivity (Wildman–Crippen MR) is 94.1 cm³/mol. The molecule has 0 aliphatic carbocycles. The van der Waals surface area contributed by atoms with Crippen LogP contribution in [0.5, 0.6) is 5.75 Å². The third-order valence-electron chi connectivity index (χ3n) is 3.76. The Kier molecular flexibility index (Phi) is 5.46. The number of carbonyl (C=O) groups excluding carboxylic acids is 1. The highest BCUT2D eigenvalue weighted by Gasteiger charge is 2.19. The van der Waals surface area contributed by atoms with Crippen molar-refractivity contribution in [3.8, 4) is 5.75 Å². The molecule has 25 heavy (non-hydrogen) atoms. The van der Waals surface area contributed by atoms with Crippen molar-refractivity contribution in [1.82, 2.24) is 9.88 Å². The molecule has 0 spiro atoms. The molecular formula is C20H20N2O3. The van der Waals surface area contributed by atoms with E-state index in [1.165, 1.54) is 6.26 Å². The molecule has 0 saturated heterocycles. The molecule has 0 fully saturated rings. The topological polar surface area (TPSA) is 55.6 Å². The van der Waals surface area contributed by atoms with Crippen LogP contribution in [-0.4, -0.2) is 22.3 Å². The van der Waals surface area contributed by atoms with Crippen molar-refractivity contribution in [3.05, 3.63) is 84.1 Å². The highest BCUT2D eigenvalue weighted by molar-refractivity contribution is 5.91. The number of oxazole rings is 1. The molecule has 5 heteroatoms. The van der Waals surface area contributed by atoms with Crippen molar-refractivity contribution in [2.45, 2.75) is 20.1 Å². The van der Waals surface area contributed by atoms with Crippen molar-refractivity contribution in [2.24, 2.45) is 0 Å². The van der Waals surface area contributed by atoms with Crippen molar-refractivity contribution in [3.63, 3.8) is 0 Å². The SMILES string of the molecule is CCN(Cc1ccccc1)C(=O)c1coc(COc2ccccc2)n1. The van der Waals surface area contributed by atoms with Gasteiger partial charge in [-0.05, 0) is 24.6 Å². The third kappa shape index (κ3) is 4.47. The number of hydrogen-bond donors (Lipinski definition) is 0. The van der Waals surface area contributed by atoms with Crippen LogP contribution in [0.25, 0.3) is 0 Å². The number of aromatic nitrogens is 1. The van der Waals surface area contributed by atoms with Crippen molar-refractivity contribution in [1.29, 1.82) is 0 Å². The Morgan fingerprint density at radius 1 is 1.08 bits per heavy atom. The second kappa shape index (κ2) is 8.15. The quantitative estimate of drug-likeness (QED) is 0.656. The van der Waals surface area contributed by atoms with Crippen LogP contribution in [0.4, 0.5) is 0 Å². The molecule has 0 aliphatic rings. The largest absolute Gasteiger partial charge is 0.484 e. The Morgan fingerprint density at radius 2 is 1.76 bits per heavy atom. The van der Waals surface area contributed by atoms with Gasteiger partial charge in [-0.2, -0.15) is 0 Å². The summed E-state index contributed by atoms with van der Waals surface area (Å²) in [5.41, 5.74) is 1.37. The number of nitrogens with zero attached hydrogens (tertiary/aromatic N) is 2. The lowest BCUT2D eigenvalue weighted by Gasteiger charge is -2.19. The fourth-order valence-electron chi connectivity index (χ4n) is 2.43. The number of rotatable bonds is 7. The molecule has 0 atom stereocenters. The molecule has 0 saturated carbocycles. The van der Waals surface area contributed by atoms with Gasteiger partial charge in [-0.1, -0.05) is 48.5 Å². The van der Waals surface area contributed by atoms with Crippen molar-refractivity contribution >= 4 is 5.91 Å². The summed E-state index contributed by atoms with van der Waals surface area (Å²) in [6.07, 6.45) is 1.39. The lowest BCUT2D eigenvalue weighted by Crippen LogP contribution is -2.30. The molecule has 3 rings (SSSR count). The summed E-state index contributed by atoms with van der Waals surface area (Å²) < 4.78 is 11.0. The summed E-state index contributed by atoms with van der Waals surface area (Å²) in [5, 5.41) is 0. The van der Waals surface area contributed by atoms with E-state index < -0.39 is 0 Å². The minimum absolute atomic E-state index is 0.152. The van der Waals surface area contributed by atoms with E-state index in [4.69, 9.17) is 9.15 Å². The van der Waals surface area contributed by atoms with Gasteiger partial charge in [-0.15, -0.1) is 0 Å². The van der Waals surface area contributed by atoms with E-state index in [0.717, 1.165) is 11.3 Å². The normalized spacial score (nSPS) is 10.4. The van der Waals surface area contributed by atoms with Crippen LogP contribution in [-0.2, 0) is 13.2 Å².